The van der Waals surface area contributed by atoms with Gasteiger partial charge in [-0.3, -0.25) is 14.6 Å². The molecule has 2 N–H and O–H groups in total. The summed E-state index contributed by atoms with van der Waals surface area (Å²) in [5.74, 6) is -4.16. The van der Waals surface area contributed by atoms with E-state index in [1.54, 1.807) is 12.1 Å². The lowest BCUT2D eigenvalue weighted by Crippen LogP contribution is -2.16. The largest absolute Gasteiger partial charge is 0.322 e. The Bertz CT molecular complexity index is 990. The minimum Gasteiger partial charge on any atom is -0.322 e. The number of benzene rings is 2. The summed E-state index contributed by atoms with van der Waals surface area (Å²) in [6, 6.07) is 8.87. The Kier molecular flexibility index (Phi) is 5.16. The van der Waals surface area contributed by atoms with Crippen molar-refractivity contribution in [2.45, 2.75) is 0 Å². The number of nitrogens with zero attached hydrogens (tertiary/aromatic N) is 1. The fraction of sp³-hybridized carbons (Fsp3) is 0. The number of carbonyl (C=O) groups excluding carboxylic acids is 2. The maximum Gasteiger partial charge on any atom is 0.258 e. The highest BCUT2D eigenvalue weighted by Gasteiger charge is 2.15. The fourth-order valence-electron chi connectivity index (χ4n) is 2.30. The van der Waals surface area contributed by atoms with Crippen LogP contribution in [0.4, 0.5) is 24.5 Å². The molecule has 0 fully saturated rings. The van der Waals surface area contributed by atoms with E-state index in [-0.39, 0.29) is 16.8 Å². The van der Waals surface area contributed by atoms with Gasteiger partial charge in [0.05, 0.1) is 17.4 Å². The van der Waals surface area contributed by atoms with Crippen LogP contribution in [0.3, 0.4) is 0 Å². The van der Waals surface area contributed by atoms with Gasteiger partial charge in [0.15, 0.2) is 0 Å². The number of nitrogens with one attached hydrogen (secondary N) is 2. The first kappa shape index (κ1) is 18.1. The number of carbonyl (C=O) groups is 2. The summed E-state index contributed by atoms with van der Waals surface area (Å²) in [5, 5.41) is 4.84. The Balaban J connectivity index is 1.80. The van der Waals surface area contributed by atoms with Crippen molar-refractivity contribution >= 4 is 23.2 Å². The van der Waals surface area contributed by atoms with E-state index in [4.69, 9.17) is 0 Å². The summed E-state index contributed by atoms with van der Waals surface area (Å²) in [7, 11) is 0. The molecule has 0 aliphatic carbocycles. The smallest absolute Gasteiger partial charge is 0.258 e. The summed E-state index contributed by atoms with van der Waals surface area (Å²) in [6.45, 7) is 0. The molecule has 3 rings (SSSR count). The van der Waals surface area contributed by atoms with Crippen molar-refractivity contribution in [3.63, 3.8) is 0 Å². The Labute approximate surface area is 151 Å². The summed E-state index contributed by atoms with van der Waals surface area (Å²) in [5.41, 5.74) is -0.116. The molecule has 3 aromatic rings. The van der Waals surface area contributed by atoms with Gasteiger partial charge in [-0.05, 0) is 42.5 Å². The maximum absolute atomic E-state index is 14.0. The second-order valence-corrected chi connectivity index (χ2v) is 5.50. The monoisotopic (exact) mass is 371 g/mol. The van der Waals surface area contributed by atoms with Crippen molar-refractivity contribution in [3.05, 3.63) is 89.5 Å². The topological polar surface area (TPSA) is 71.1 Å². The molecule has 0 unspecified atom stereocenters. The minimum absolute atomic E-state index is 0.0856. The van der Waals surface area contributed by atoms with Crippen LogP contribution >= 0.6 is 0 Å². The van der Waals surface area contributed by atoms with Gasteiger partial charge < -0.3 is 10.6 Å². The number of aromatic nitrogens is 1. The van der Waals surface area contributed by atoms with E-state index >= 15 is 0 Å². The molecule has 27 heavy (non-hydrogen) atoms. The molecule has 0 aliphatic heterocycles. The zero-order valence-corrected chi connectivity index (χ0v) is 13.7. The molecule has 5 nitrogen and oxygen atoms in total. The number of rotatable bonds is 4. The van der Waals surface area contributed by atoms with Crippen LogP contribution in [0.15, 0.2) is 60.9 Å². The van der Waals surface area contributed by atoms with Crippen molar-refractivity contribution < 1.29 is 22.8 Å². The Morgan fingerprint density at radius 3 is 2.19 bits per heavy atom. The maximum atomic E-state index is 14.0. The molecule has 0 saturated carbocycles. The first-order chi connectivity index (χ1) is 12.9. The highest BCUT2D eigenvalue weighted by Crippen LogP contribution is 2.18. The first-order valence-electron chi connectivity index (χ1n) is 7.71. The Morgan fingerprint density at radius 1 is 0.815 bits per heavy atom. The molecule has 0 bridgehead atoms. The van der Waals surface area contributed by atoms with Crippen LogP contribution in [0.2, 0.25) is 0 Å². The van der Waals surface area contributed by atoms with Gasteiger partial charge in [0.25, 0.3) is 11.8 Å². The fourth-order valence-corrected chi connectivity index (χ4v) is 2.30. The third-order valence-electron chi connectivity index (χ3n) is 3.51. The van der Waals surface area contributed by atoms with Gasteiger partial charge in [-0.15, -0.1) is 0 Å². The number of amides is 2. The zero-order valence-electron chi connectivity index (χ0n) is 13.7. The van der Waals surface area contributed by atoms with Crippen LogP contribution in [0.25, 0.3) is 0 Å². The molecular weight excluding hydrogens is 359 g/mol. The van der Waals surface area contributed by atoms with E-state index in [1.165, 1.54) is 18.5 Å². The summed E-state index contributed by atoms with van der Waals surface area (Å²) in [6.07, 6.45) is 2.90. The van der Waals surface area contributed by atoms with Crippen molar-refractivity contribution in [1.29, 1.82) is 0 Å². The van der Waals surface area contributed by atoms with Crippen LogP contribution < -0.4 is 10.6 Å². The third kappa shape index (κ3) is 4.49. The lowest BCUT2D eigenvalue weighted by Gasteiger charge is -2.09. The van der Waals surface area contributed by atoms with Gasteiger partial charge in [0.2, 0.25) is 0 Å². The predicted octanol–water partition coefficient (Wildman–Crippen LogP) is 4.00. The van der Waals surface area contributed by atoms with Crippen LogP contribution in [0.1, 0.15) is 20.7 Å². The molecule has 0 aliphatic rings. The van der Waals surface area contributed by atoms with E-state index < -0.39 is 29.3 Å². The quantitative estimate of drug-likeness (QED) is 0.728. The van der Waals surface area contributed by atoms with Crippen LogP contribution in [0.5, 0.6) is 0 Å². The number of anilines is 2. The molecule has 8 heteroatoms. The molecule has 1 heterocycles. The van der Waals surface area contributed by atoms with Gasteiger partial charge in [-0.2, -0.15) is 0 Å². The van der Waals surface area contributed by atoms with Gasteiger partial charge in [-0.1, -0.05) is 0 Å². The van der Waals surface area contributed by atoms with E-state index in [2.05, 4.69) is 15.6 Å². The zero-order chi connectivity index (χ0) is 19.4. The molecule has 1 aromatic heterocycles. The highest BCUT2D eigenvalue weighted by atomic mass is 19.1. The van der Waals surface area contributed by atoms with E-state index in [9.17, 15) is 22.8 Å². The molecule has 0 spiro atoms. The highest BCUT2D eigenvalue weighted by molar-refractivity contribution is 6.07. The normalized spacial score (nSPS) is 10.3. The summed E-state index contributed by atoms with van der Waals surface area (Å²) in [4.78, 5) is 28.2. The average molecular weight is 371 g/mol. The molecule has 136 valence electrons. The first-order valence-corrected chi connectivity index (χ1v) is 7.71. The number of hydrogen-bond donors (Lipinski definition) is 2. The number of halogens is 3. The second kappa shape index (κ2) is 7.69. The van der Waals surface area contributed by atoms with Crippen molar-refractivity contribution in [1.82, 2.24) is 4.98 Å². The van der Waals surface area contributed by atoms with E-state index in [1.807, 2.05) is 0 Å². The van der Waals surface area contributed by atoms with Gasteiger partial charge in [0, 0.05) is 23.5 Å². The molecule has 0 radical (unpaired) electrons. The Morgan fingerprint density at radius 2 is 1.52 bits per heavy atom. The minimum atomic E-state index is -0.907. The lowest BCUT2D eigenvalue weighted by molar-refractivity contribution is 0.101. The van der Waals surface area contributed by atoms with Gasteiger partial charge in [0.1, 0.15) is 17.5 Å². The number of pyridine rings is 1. The number of hydrogen-bond acceptors (Lipinski definition) is 3. The Hall–Kier alpha value is -3.68. The average Bonchev–Trinajstić information content (AvgIpc) is 2.63. The standard InChI is InChI=1S/C19H12F3N3O2/c20-12-6-11(7-13(21)8-12)18(26)24-14-3-4-17(22)16(9-14)19(27)25-15-2-1-5-23-10-15/h1-10H,(H,24,26)(H,25,27). The van der Waals surface area contributed by atoms with Gasteiger partial charge in [-0.25, -0.2) is 13.2 Å². The molecule has 0 saturated heterocycles. The molecular formula is C19H12F3N3O2. The SMILES string of the molecule is O=C(Nc1ccc(F)c(C(=O)Nc2cccnc2)c1)c1cc(F)cc(F)c1. The summed E-state index contributed by atoms with van der Waals surface area (Å²) < 4.78 is 40.5. The van der Waals surface area contributed by atoms with Gasteiger partial charge >= 0.3 is 0 Å². The van der Waals surface area contributed by atoms with Crippen LogP contribution in [0, 0.1) is 17.5 Å². The van der Waals surface area contributed by atoms with E-state index in [0.29, 0.717) is 11.8 Å². The molecule has 2 aromatic carbocycles. The predicted molar refractivity (Wildman–Crippen MR) is 92.9 cm³/mol. The van der Waals surface area contributed by atoms with Crippen molar-refractivity contribution in [3.8, 4) is 0 Å². The molecule has 2 amide bonds. The van der Waals surface area contributed by atoms with E-state index in [0.717, 1.165) is 24.3 Å². The third-order valence-corrected chi connectivity index (χ3v) is 3.51. The van der Waals surface area contributed by atoms with Crippen molar-refractivity contribution in [2.24, 2.45) is 0 Å². The van der Waals surface area contributed by atoms with Crippen LogP contribution in [-0.4, -0.2) is 16.8 Å². The summed E-state index contributed by atoms with van der Waals surface area (Å²) >= 11 is 0. The molecule has 0 atom stereocenters. The second-order valence-electron chi connectivity index (χ2n) is 5.50. The van der Waals surface area contributed by atoms with Crippen LogP contribution in [-0.2, 0) is 0 Å². The van der Waals surface area contributed by atoms with Crippen molar-refractivity contribution in [2.75, 3.05) is 10.6 Å². The lowest BCUT2D eigenvalue weighted by atomic mass is 10.1.